The number of carbonyl (C=O) groups is 1. The number of benzene rings is 1. The fraction of sp³-hybridized carbons (Fsp3) is 0.0667. The summed E-state index contributed by atoms with van der Waals surface area (Å²) in [5.41, 5.74) is 1.39. The van der Waals surface area contributed by atoms with Gasteiger partial charge in [-0.25, -0.2) is 0 Å². The second-order valence-corrected chi connectivity index (χ2v) is 5.81. The molecule has 1 aliphatic rings. The van der Waals surface area contributed by atoms with Gasteiger partial charge in [0.1, 0.15) is 11.5 Å². The molecule has 2 heterocycles. The summed E-state index contributed by atoms with van der Waals surface area (Å²) in [6, 6.07) is 11.3. The van der Waals surface area contributed by atoms with E-state index in [1.54, 1.807) is 18.4 Å². The Labute approximate surface area is 135 Å². The molecule has 0 aliphatic carbocycles. The van der Waals surface area contributed by atoms with Crippen LogP contribution < -0.4 is 5.32 Å². The first-order valence-electron chi connectivity index (χ1n) is 6.26. The summed E-state index contributed by atoms with van der Waals surface area (Å²) in [4.78, 5) is 13.9. The Hall–Kier alpha value is -1.92. The van der Waals surface area contributed by atoms with E-state index >= 15 is 0 Å². The van der Waals surface area contributed by atoms with Crippen LogP contribution >= 0.6 is 28.1 Å². The minimum Gasteiger partial charge on any atom is -0.467 e. The molecule has 1 amide bonds. The van der Waals surface area contributed by atoms with E-state index in [1.807, 2.05) is 30.3 Å². The molecule has 1 aliphatic heterocycles. The number of nitrogens with one attached hydrogen (secondary N) is 1. The van der Waals surface area contributed by atoms with Gasteiger partial charge in [-0.2, -0.15) is 0 Å². The van der Waals surface area contributed by atoms with Crippen molar-refractivity contribution >= 4 is 45.2 Å². The fourth-order valence-electron chi connectivity index (χ4n) is 2.00. The Kier molecular flexibility index (Phi) is 3.90. The molecule has 106 valence electrons. The van der Waals surface area contributed by atoms with Crippen molar-refractivity contribution in [2.24, 2.45) is 0 Å². The van der Waals surface area contributed by atoms with Crippen molar-refractivity contribution < 1.29 is 9.21 Å². The van der Waals surface area contributed by atoms with Crippen molar-refractivity contribution in [3.63, 3.8) is 0 Å². The zero-order chi connectivity index (χ0) is 14.8. The van der Waals surface area contributed by atoms with E-state index in [1.165, 1.54) is 4.90 Å². The Bertz CT molecular complexity index is 708. The summed E-state index contributed by atoms with van der Waals surface area (Å²) in [5, 5.41) is 3.33. The van der Waals surface area contributed by atoms with Crippen molar-refractivity contribution in [3.05, 3.63) is 64.2 Å². The smallest absolute Gasteiger partial charge is 0.276 e. The standard InChI is InChI=1S/C15H11BrN2O2S/c16-11-5-3-10(4-6-11)8-13-14(19)18(15(21)17-13)9-12-2-1-7-20-12/h1-8H,9H2,(H,17,21)/b13-8-. The third-order valence-electron chi connectivity index (χ3n) is 3.04. The van der Waals surface area contributed by atoms with Crippen LogP contribution in [0.4, 0.5) is 0 Å². The lowest BCUT2D eigenvalue weighted by Gasteiger charge is -2.11. The molecule has 0 unspecified atom stereocenters. The molecule has 21 heavy (non-hydrogen) atoms. The lowest BCUT2D eigenvalue weighted by atomic mass is 10.2. The van der Waals surface area contributed by atoms with E-state index in [4.69, 9.17) is 16.6 Å². The molecule has 0 atom stereocenters. The summed E-state index contributed by atoms with van der Waals surface area (Å²) < 4.78 is 6.24. The molecular formula is C15H11BrN2O2S. The highest BCUT2D eigenvalue weighted by Crippen LogP contribution is 2.18. The lowest BCUT2D eigenvalue weighted by Crippen LogP contribution is -2.29. The van der Waals surface area contributed by atoms with Crippen LogP contribution in [-0.2, 0) is 11.3 Å². The number of nitrogens with zero attached hydrogens (tertiary/aromatic N) is 1. The van der Waals surface area contributed by atoms with Crippen LogP contribution in [-0.4, -0.2) is 15.9 Å². The molecule has 4 nitrogen and oxygen atoms in total. The Morgan fingerprint density at radius 1 is 1.29 bits per heavy atom. The minimum absolute atomic E-state index is 0.153. The van der Waals surface area contributed by atoms with Crippen LogP contribution in [0.3, 0.4) is 0 Å². The maximum atomic E-state index is 12.4. The summed E-state index contributed by atoms with van der Waals surface area (Å²) >= 11 is 8.59. The molecule has 1 aromatic carbocycles. The van der Waals surface area contributed by atoms with Crippen LogP contribution in [0.15, 0.2) is 57.2 Å². The highest BCUT2D eigenvalue weighted by atomic mass is 79.9. The van der Waals surface area contributed by atoms with Gasteiger partial charge in [-0.3, -0.25) is 9.69 Å². The molecule has 2 aromatic rings. The van der Waals surface area contributed by atoms with Crippen molar-refractivity contribution in [1.29, 1.82) is 0 Å². The van der Waals surface area contributed by atoms with E-state index in [2.05, 4.69) is 21.2 Å². The number of carbonyl (C=O) groups excluding carboxylic acids is 1. The third kappa shape index (κ3) is 3.06. The van der Waals surface area contributed by atoms with Gasteiger partial charge in [-0.15, -0.1) is 0 Å². The molecular weight excluding hydrogens is 352 g/mol. The zero-order valence-electron chi connectivity index (χ0n) is 10.9. The van der Waals surface area contributed by atoms with Crippen LogP contribution in [0.5, 0.6) is 0 Å². The lowest BCUT2D eigenvalue weighted by molar-refractivity contribution is -0.122. The number of rotatable bonds is 3. The molecule has 1 N–H and O–H groups in total. The number of halogens is 1. The highest BCUT2D eigenvalue weighted by molar-refractivity contribution is 9.10. The molecule has 3 rings (SSSR count). The second kappa shape index (κ2) is 5.83. The maximum absolute atomic E-state index is 12.4. The first kappa shape index (κ1) is 14.0. The molecule has 1 aromatic heterocycles. The molecule has 0 radical (unpaired) electrons. The number of thiocarbonyl (C=S) groups is 1. The van der Waals surface area contributed by atoms with Gasteiger partial charge in [-0.05, 0) is 48.1 Å². The van der Waals surface area contributed by atoms with Crippen molar-refractivity contribution in [3.8, 4) is 0 Å². The van der Waals surface area contributed by atoms with E-state index in [9.17, 15) is 4.79 Å². The summed E-state index contributed by atoms with van der Waals surface area (Å²) in [7, 11) is 0. The van der Waals surface area contributed by atoms with Gasteiger partial charge < -0.3 is 9.73 Å². The average Bonchev–Trinajstić information content (AvgIpc) is 3.06. The Morgan fingerprint density at radius 2 is 2.05 bits per heavy atom. The van der Waals surface area contributed by atoms with Crippen molar-refractivity contribution in [1.82, 2.24) is 10.2 Å². The van der Waals surface area contributed by atoms with Gasteiger partial charge in [0.25, 0.3) is 5.91 Å². The molecule has 0 bridgehead atoms. The third-order valence-corrected chi connectivity index (χ3v) is 3.89. The molecule has 1 saturated heterocycles. The molecule has 1 fully saturated rings. The second-order valence-electron chi connectivity index (χ2n) is 4.51. The van der Waals surface area contributed by atoms with Crippen LogP contribution in [0.1, 0.15) is 11.3 Å². The quantitative estimate of drug-likeness (QED) is 0.672. The number of furan rings is 1. The molecule has 0 spiro atoms. The molecule has 0 saturated carbocycles. The summed E-state index contributed by atoms with van der Waals surface area (Å²) in [6.45, 7) is 0.329. The Balaban J connectivity index is 1.81. The zero-order valence-corrected chi connectivity index (χ0v) is 13.3. The van der Waals surface area contributed by atoms with Gasteiger partial charge in [0.15, 0.2) is 5.11 Å². The van der Waals surface area contributed by atoms with Gasteiger partial charge in [0.2, 0.25) is 0 Å². The number of hydrogen-bond donors (Lipinski definition) is 1. The highest BCUT2D eigenvalue weighted by Gasteiger charge is 2.31. The average molecular weight is 363 g/mol. The van der Waals surface area contributed by atoms with Crippen LogP contribution in [0, 0.1) is 0 Å². The predicted molar refractivity (Wildman–Crippen MR) is 87.1 cm³/mol. The van der Waals surface area contributed by atoms with Gasteiger partial charge >= 0.3 is 0 Å². The van der Waals surface area contributed by atoms with Crippen molar-refractivity contribution in [2.75, 3.05) is 0 Å². The number of amides is 1. The van der Waals surface area contributed by atoms with Crippen molar-refractivity contribution in [2.45, 2.75) is 6.54 Å². The normalized spacial score (nSPS) is 16.6. The minimum atomic E-state index is -0.153. The summed E-state index contributed by atoms with van der Waals surface area (Å²) in [6.07, 6.45) is 3.36. The predicted octanol–water partition coefficient (Wildman–Crippen LogP) is 3.30. The topological polar surface area (TPSA) is 45.5 Å². The van der Waals surface area contributed by atoms with Crippen LogP contribution in [0.25, 0.3) is 6.08 Å². The molecule has 6 heteroatoms. The van der Waals surface area contributed by atoms with E-state index in [0.29, 0.717) is 23.1 Å². The first-order valence-corrected chi connectivity index (χ1v) is 7.46. The van der Waals surface area contributed by atoms with E-state index in [-0.39, 0.29) is 5.91 Å². The van der Waals surface area contributed by atoms with Crippen LogP contribution in [0.2, 0.25) is 0 Å². The van der Waals surface area contributed by atoms with Gasteiger partial charge in [0, 0.05) is 4.47 Å². The van der Waals surface area contributed by atoms with Gasteiger partial charge in [0.05, 0.1) is 12.8 Å². The fourth-order valence-corrected chi connectivity index (χ4v) is 2.52. The van der Waals surface area contributed by atoms with E-state index < -0.39 is 0 Å². The van der Waals surface area contributed by atoms with Gasteiger partial charge in [-0.1, -0.05) is 28.1 Å². The monoisotopic (exact) mass is 362 g/mol. The van der Waals surface area contributed by atoms with E-state index in [0.717, 1.165) is 10.0 Å². The first-order chi connectivity index (χ1) is 10.1. The largest absolute Gasteiger partial charge is 0.467 e. The summed E-state index contributed by atoms with van der Waals surface area (Å²) in [5.74, 6) is 0.539. The maximum Gasteiger partial charge on any atom is 0.276 e. The SMILES string of the molecule is O=C1/C(=C/c2ccc(Br)cc2)NC(=S)N1Cc1ccco1. The Morgan fingerprint density at radius 3 is 2.71 bits per heavy atom. The number of hydrogen-bond acceptors (Lipinski definition) is 3.